The maximum absolute atomic E-state index is 12.8. The Balaban J connectivity index is 2.32. The minimum Gasteiger partial charge on any atom is -0.218 e. The molecule has 1 aliphatic heterocycles. The molecule has 1 aliphatic rings. The van der Waals surface area contributed by atoms with Crippen LogP contribution < -0.4 is 0 Å². The number of benzene rings is 2. The largest absolute Gasteiger partial charge is 0.218 e. The van der Waals surface area contributed by atoms with Crippen molar-refractivity contribution in [2.45, 2.75) is 62.2 Å². The Hall–Kier alpha value is -1.61. The van der Waals surface area contributed by atoms with E-state index >= 15 is 0 Å². The smallest absolute Gasteiger partial charge is 0.207 e. The third-order valence-electron chi connectivity index (χ3n) is 4.56. The summed E-state index contributed by atoms with van der Waals surface area (Å²) in [5, 5.41) is 0. The molecule has 3 rings (SSSR count). The zero-order chi connectivity index (χ0) is 17.2. The lowest BCUT2D eigenvalue weighted by molar-refractivity contribution is 0.587. The van der Waals surface area contributed by atoms with E-state index < -0.39 is 9.84 Å². The SMILES string of the molecule is CC(C)(C)c1ccc2c(c1)-c1cc(C(C)(C)C)ccc1S2(=O)=O. The van der Waals surface area contributed by atoms with Crippen molar-refractivity contribution in [2.24, 2.45) is 0 Å². The number of fused-ring (bicyclic) bond motifs is 3. The van der Waals surface area contributed by atoms with Crippen LogP contribution in [0.25, 0.3) is 11.1 Å². The Labute approximate surface area is 139 Å². The maximum atomic E-state index is 12.8. The van der Waals surface area contributed by atoms with Gasteiger partial charge in [0.05, 0.1) is 9.79 Å². The molecule has 0 fully saturated rings. The predicted octanol–water partition coefficient (Wildman–Crippen LogP) is 5.09. The Bertz CT molecular complexity index is 823. The van der Waals surface area contributed by atoms with Gasteiger partial charge < -0.3 is 0 Å². The summed E-state index contributed by atoms with van der Waals surface area (Å²) in [6.07, 6.45) is 0. The molecule has 0 N–H and O–H groups in total. The molecule has 0 amide bonds. The Morgan fingerprint density at radius 1 is 0.652 bits per heavy atom. The summed E-state index contributed by atoms with van der Waals surface area (Å²) in [6.45, 7) is 12.9. The van der Waals surface area contributed by atoms with Crippen LogP contribution in [-0.4, -0.2) is 8.42 Å². The molecule has 1 heterocycles. The first-order valence-electron chi connectivity index (χ1n) is 7.97. The zero-order valence-electron chi connectivity index (χ0n) is 14.7. The average molecular weight is 328 g/mol. The third kappa shape index (κ3) is 2.51. The number of hydrogen-bond acceptors (Lipinski definition) is 2. The van der Waals surface area contributed by atoms with E-state index in [0.29, 0.717) is 9.79 Å². The van der Waals surface area contributed by atoms with Crippen LogP contribution in [0.15, 0.2) is 46.2 Å². The monoisotopic (exact) mass is 328 g/mol. The summed E-state index contributed by atoms with van der Waals surface area (Å²) in [4.78, 5) is 0.873. The second-order valence-electron chi connectivity index (χ2n) is 8.43. The van der Waals surface area contributed by atoms with Crippen LogP contribution in [0.1, 0.15) is 52.7 Å². The molecule has 0 atom stereocenters. The van der Waals surface area contributed by atoms with Crippen molar-refractivity contribution in [3.05, 3.63) is 47.5 Å². The van der Waals surface area contributed by atoms with Crippen LogP contribution in [-0.2, 0) is 20.7 Å². The lowest BCUT2D eigenvalue weighted by Gasteiger charge is -2.21. The fraction of sp³-hybridized carbons (Fsp3) is 0.400. The molecule has 2 aromatic carbocycles. The van der Waals surface area contributed by atoms with E-state index in [-0.39, 0.29) is 10.8 Å². The second kappa shape index (κ2) is 4.70. The Morgan fingerprint density at radius 3 is 1.30 bits per heavy atom. The lowest BCUT2D eigenvalue weighted by Crippen LogP contribution is -2.11. The second-order valence-corrected chi connectivity index (χ2v) is 10.3. The molecule has 0 spiro atoms. The lowest BCUT2D eigenvalue weighted by atomic mass is 9.83. The topological polar surface area (TPSA) is 34.1 Å². The van der Waals surface area contributed by atoms with Crippen molar-refractivity contribution >= 4 is 9.84 Å². The molecule has 23 heavy (non-hydrogen) atoms. The van der Waals surface area contributed by atoms with Gasteiger partial charge in [-0.15, -0.1) is 0 Å². The first-order chi connectivity index (χ1) is 10.4. The fourth-order valence-corrected chi connectivity index (χ4v) is 4.65. The van der Waals surface area contributed by atoms with Gasteiger partial charge in [0.25, 0.3) is 0 Å². The van der Waals surface area contributed by atoms with E-state index in [9.17, 15) is 8.42 Å². The molecule has 0 radical (unpaired) electrons. The summed E-state index contributed by atoms with van der Waals surface area (Å²) in [5.74, 6) is 0. The van der Waals surface area contributed by atoms with Crippen molar-refractivity contribution in [3.8, 4) is 11.1 Å². The van der Waals surface area contributed by atoms with Crippen LogP contribution in [0.2, 0.25) is 0 Å². The molecule has 0 unspecified atom stereocenters. The van der Waals surface area contributed by atoms with Gasteiger partial charge in [0, 0.05) is 11.1 Å². The van der Waals surface area contributed by atoms with Gasteiger partial charge in [-0.2, -0.15) is 0 Å². The summed E-state index contributed by atoms with van der Waals surface area (Å²) < 4.78 is 25.6. The standard InChI is InChI=1S/C20H24O2S/c1-19(2,3)13-7-9-17-15(11-13)16-12-14(20(4,5)6)8-10-18(16)23(17,21)22/h7-12H,1-6H3. The van der Waals surface area contributed by atoms with Gasteiger partial charge in [0.15, 0.2) is 0 Å². The highest BCUT2D eigenvalue weighted by Crippen LogP contribution is 2.45. The molecule has 122 valence electrons. The number of hydrogen-bond donors (Lipinski definition) is 0. The quantitative estimate of drug-likeness (QED) is 0.575. The summed E-state index contributed by atoms with van der Waals surface area (Å²) in [5.41, 5.74) is 3.98. The summed E-state index contributed by atoms with van der Waals surface area (Å²) in [6, 6.07) is 11.5. The number of rotatable bonds is 0. The van der Waals surface area contributed by atoms with Crippen LogP contribution >= 0.6 is 0 Å². The van der Waals surface area contributed by atoms with E-state index in [2.05, 4.69) is 41.5 Å². The third-order valence-corrected chi connectivity index (χ3v) is 6.43. The normalized spacial score (nSPS) is 16.1. The highest BCUT2D eigenvalue weighted by molar-refractivity contribution is 7.92. The number of sulfone groups is 1. The van der Waals surface area contributed by atoms with Gasteiger partial charge in [-0.05, 0) is 46.2 Å². The molecule has 0 aromatic heterocycles. The van der Waals surface area contributed by atoms with Crippen molar-refractivity contribution in [2.75, 3.05) is 0 Å². The predicted molar refractivity (Wildman–Crippen MR) is 94.7 cm³/mol. The molecule has 0 aliphatic carbocycles. The Morgan fingerprint density at radius 2 is 1.00 bits per heavy atom. The maximum Gasteiger partial charge on any atom is 0.207 e. The summed E-state index contributed by atoms with van der Waals surface area (Å²) >= 11 is 0. The zero-order valence-corrected chi connectivity index (χ0v) is 15.5. The van der Waals surface area contributed by atoms with E-state index in [0.717, 1.165) is 22.3 Å². The molecule has 0 bridgehead atoms. The highest BCUT2D eigenvalue weighted by atomic mass is 32.2. The van der Waals surface area contributed by atoms with Crippen molar-refractivity contribution in [1.82, 2.24) is 0 Å². The fourth-order valence-electron chi connectivity index (χ4n) is 3.00. The van der Waals surface area contributed by atoms with Crippen molar-refractivity contribution in [3.63, 3.8) is 0 Å². The van der Waals surface area contributed by atoms with E-state index in [1.54, 1.807) is 12.1 Å². The molecular weight excluding hydrogens is 304 g/mol. The van der Waals surface area contributed by atoms with Crippen LogP contribution in [0.4, 0.5) is 0 Å². The minimum atomic E-state index is -3.39. The van der Waals surface area contributed by atoms with E-state index in [1.165, 1.54) is 0 Å². The first-order valence-corrected chi connectivity index (χ1v) is 9.45. The molecule has 0 saturated heterocycles. The molecular formula is C20H24O2S. The molecule has 2 aromatic rings. The molecule has 2 nitrogen and oxygen atoms in total. The van der Waals surface area contributed by atoms with Gasteiger partial charge >= 0.3 is 0 Å². The van der Waals surface area contributed by atoms with E-state index in [1.807, 2.05) is 24.3 Å². The van der Waals surface area contributed by atoms with Gasteiger partial charge in [-0.3, -0.25) is 0 Å². The summed E-state index contributed by atoms with van der Waals surface area (Å²) in [7, 11) is -3.39. The Kier molecular flexibility index (Phi) is 3.32. The van der Waals surface area contributed by atoms with Crippen molar-refractivity contribution < 1.29 is 8.42 Å². The minimum absolute atomic E-state index is 0.0107. The van der Waals surface area contributed by atoms with Gasteiger partial charge in [-0.1, -0.05) is 53.7 Å². The highest BCUT2D eigenvalue weighted by Gasteiger charge is 2.34. The first kappa shape index (κ1) is 16.3. The van der Waals surface area contributed by atoms with Gasteiger partial charge in [-0.25, -0.2) is 8.42 Å². The van der Waals surface area contributed by atoms with Gasteiger partial charge in [0.1, 0.15) is 0 Å². The van der Waals surface area contributed by atoms with Crippen LogP contribution in [0, 0.1) is 0 Å². The van der Waals surface area contributed by atoms with Crippen molar-refractivity contribution in [1.29, 1.82) is 0 Å². The molecule has 0 saturated carbocycles. The molecule has 3 heteroatoms. The average Bonchev–Trinajstić information content (AvgIpc) is 2.65. The van der Waals surface area contributed by atoms with Crippen LogP contribution in [0.3, 0.4) is 0 Å². The van der Waals surface area contributed by atoms with Gasteiger partial charge in [0.2, 0.25) is 9.84 Å². The van der Waals surface area contributed by atoms with Crippen LogP contribution in [0.5, 0.6) is 0 Å². The van der Waals surface area contributed by atoms with E-state index in [4.69, 9.17) is 0 Å².